The van der Waals surface area contributed by atoms with E-state index in [1.165, 1.54) is 4.90 Å². The van der Waals surface area contributed by atoms with Gasteiger partial charge in [-0.2, -0.15) is 0 Å². The van der Waals surface area contributed by atoms with E-state index >= 15 is 0 Å². The second-order valence-electron chi connectivity index (χ2n) is 8.27. The van der Waals surface area contributed by atoms with Gasteiger partial charge in [0.1, 0.15) is 0 Å². The SMILES string of the molecule is C=CC[C@](CCCCCC)(C(=O)OCC)C(=O)N1C(=O)N(C)[C@H](C)[C@@H]1c1ccccc1. The summed E-state index contributed by atoms with van der Waals surface area (Å²) in [6.07, 6.45) is 5.74. The number of amides is 3. The van der Waals surface area contributed by atoms with Gasteiger partial charge in [0.25, 0.3) is 0 Å². The van der Waals surface area contributed by atoms with Crippen LogP contribution in [0, 0.1) is 5.41 Å². The van der Waals surface area contributed by atoms with Gasteiger partial charge in [-0.25, -0.2) is 4.79 Å². The van der Waals surface area contributed by atoms with E-state index in [1.54, 1.807) is 24.9 Å². The average molecular weight is 429 g/mol. The molecule has 2 rings (SSSR count). The number of rotatable bonds is 11. The monoisotopic (exact) mass is 428 g/mol. The maximum absolute atomic E-state index is 14.1. The molecule has 3 amide bonds. The minimum absolute atomic E-state index is 0.139. The lowest BCUT2D eigenvalue weighted by Crippen LogP contribution is -2.51. The number of benzene rings is 1. The molecule has 31 heavy (non-hydrogen) atoms. The lowest BCUT2D eigenvalue weighted by atomic mass is 9.77. The summed E-state index contributed by atoms with van der Waals surface area (Å²) in [4.78, 5) is 43.3. The zero-order valence-corrected chi connectivity index (χ0v) is 19.3. The van der Waals surface area contributed by atoms with E-state index in [0.717, 1.165) is 24.8 Å². The third-order valence-electron chi connectivity index (χ3n) is 6.24. The highest BCUT2D eigenvalue weighted by atomic mass is 16.5. The molecule has 170 valence electrons. The summed E-state index contributed by atoms with van der Waals surface area (Å²) in [5.41, 5.74) is -0.581. The van der Waals surface area contributed by atoms with Gasteiger partial charge in [0.15, 0.2) is 5.41 Å². The first-order chi connectivity index (χ1) is 14.9. The highest BCUT2D eigenvalue weighted by Gasteiger charge is 2.55. The molecular weight excluding hydrogens is 392 g/mol. The number of unbranched alkanes of at least 4 members (excludes halogenated alkanes) is 3. The van der Waals surface area contributed by atoms with Crippen LogP contribution in [-0.2, 0) is 14.3 Å². The number of nitrogens with zero attached hydrogens (tertiary/aromatic N) is 2. The minimum Gasteiger partial charge on any atom is -0.465 e. The van der Waals surface area contributed by atoms with Gasteiger partial charge in [-0.3, -0.25) is 14.5 Å². The second-order valence-corrected chi connectivity index (χ2v) is 8.27. The fourth-order valence-electron chi connectivity index (χ4n) is 4.35. The predicted molar refractivity (Wildman–Crippen MR) is 121 cm³/mol. The van der Waals surface area contributed by atoms with Crippen molar-refractivity contribution in [3.63, 3.8) is 0 Å². The molecule has 1 heterocycles. The van der Waals surface area contributed by atoms with E-state index in [1.807, 2.05) is 37.3 Å². The van der Waals surface area contributed by atoms with Crippen molar-refractivity contribution in [2.75, 3.05) is 13.7 Å². The number of ether oxygens (including phenoxy) is 1. The molecule has 1 aromatic carbocycles. The Morgan fingerprint density at radius 1 is 1.16 bits per heavy atom. The molecular formula is C25H36N2O4. The predicted octanol–water partition coefficient (Wildman–Crippen LogP) is 5.11. The number of hydrogen-bond donors (Lipinski definition) is 0. The van der Waals surface area contributed by atoms with Crippen molar-refractivity contribution >= 4 is 17.9 Å². The van der Waals surface area contributed by atoms with Crippen LogP contribution in [0.3, 0.4) is 0 Å². The molecule has 1 aliphatic heterocycles. The molecule has 6 heteroatoms. The Bertz CT molecular complexity index is 779. The molecule has 1 saturated heterocycles. The number of urea groups is 1. The summed E-state index contributed by atoms with van der Waals surface area (Å²) in [6.45, 7) is 9.72. The third-order valence-corrected chi connectivity index (χ3v) is 6.24. The van der Waals surface area contributed by atoms with Crippen LogP contribution in [0.2, 0.25) is 0 Å². The van der Waals surface area contributed by atoms with E-state index < -0.39 is 29.4 Å². The summed E-state index contributed by atoms with van der Waals surface area (Å²) < 4.78 is 5.37. The summed E-state index contributed by atoms with van der Waals surface area (Å²) >= 11 is 0. The molecule has 1 aliphatic rings. The van der Waals surface area contributed by atoms with Crippen LogP contribution < -0.4 is 0 Å². The zero-order chi connectivity index (χ0) is 23.0. The molecule has 0 bridgehead atoms. The van der Waals surface area contributed by atoms with Gasteiger partial charge in [-0.15, -0.1) is 6.58 Å². The summed E-state index contributed by atoms with van der Waals surface area (Å²) in [5, 5.41) is 0. The van der Waals surface area contributed by atoms with E-state index in [4.69, 9.17) is 4.74 Å². The van der Waals surface area contributed by atoms with Crippen molar-refractivity contribution in [3.8, 4) is 0 Å². The highest BCUT2D eigenvalue weighted by Crippen LogP contribution is 2.41. The Hall–Kier alpha value is -2.63. The average Bonchev–Trinajstić information content (AvgIpc) is 3.00. The van der Waals surface area contributed by atoms with Crippen LogP contribution in [0.5, 0.6) is 0 Å². The molecule has 1 aromatic rings. The number of allylic oxidation sites excluding steroid dienone is 1. The van der Waals surface area contributed by atoms with Crippen LogP contribution in [0.1, 0.15) is 70.9 Å². The van der Waals surface area contributed by atoms with Crippen molar-refractivity contribution in [3.05, 3.63) is 48.6 Å². The summed E-state index contributed by atoms with van der Waals surface area (Å²) in [6, 6.07) is 8.42. The molecule has 0 aromatic heterocycles. The molecule has 3 atom stereocenters. The van der Waals surface area contributed by atoms with Crippen molar-refractivity contribution in [2.24, 2.45) is 5.41 Å². The number of carbonyl (C=O) groups excluding carboxylic acids is 3. The smallest absolute Gasteiger partial charge is 0.327 e. The summed E-state index contributed by atoms with van der Waals surface area (Å²) in [7, 11) is 1.69. The van der Waals surface area contributed by atoms with Crippen molar-refractivity contribution in [1.29, 1.82) is 0 Å². The minimum atomic E-state index is -1.45. The first kappa shape index (κ1) is 24.6. The first-order valence-corrected chi connectivity index (χ1v) is 11.3. The molecule has 0 radical (unpaired) electrons. The number of likely N-dealkylation sites (N-methyl/N-ethyl adjacent to an activating group) is 1. The number of imide groups is 1. The number of hydrogen-bond acceptors (Lipinski definition) is 4. The fourth-order valence-corrected chi connectivity index (χ4v) is 4.35. The summed E-state index contributed by atoms with van der Waals surface area (Å²) in [5.74, 6) is -1.06. The van der Waals surface area contributed by atoms with Crippen LogP contribution in [0.4, 0.5) is 4.79 Å². The van der Waals surface area contributed by atoms with E-state index in [2.05, 4.69) is 13.5 Å². The molecule has 6 nitrogen and oxygen atoms in total. The molecule has 1 fully saturated rings. The van der Waals surface area contributed by atoms with Crippen molar-refractivity contribution in [1.82, 2.24) is 9.80 Å². The van der Waals surface area contributed by atoms with Gasteiger partial charge in [0, 0.05) is 7.05 Å². The highest BCUT2D eigenvalue weighted by molar-refractivity contribution is 6.09. The number of esters is 1. The Kier molecular flexibility index (Phi) is 8.84. The van der Waals surface area contributed by atoms with Gasteiger partial charge in [-0.05, 0) is 32.3 Å². The Morgan fingerprint density at radius 3 is 2.42 bits per heavy atom. The van der Waals surface area contributed by atoms with Gasteiger partial charge >= 0.3 is 12.0 Å². The standard InChI is InChI=1S/C25H36N2O4/c1-6-9-10-14-18-25(17-7-2,23(29)31-8-3)22(28)27-21(19(4)26(5)24(27)30)20-15-12-11-13-16-20/h7,11-13,15-16,19,21H,2,6,8-10,14,17-18H2,1,3-5H3/t19-,21-,25-/m1/s1. The van der Waals surface area contributed by atoms with E-state index in [-0.39, 0.29) is 19.1 Å². The zero-order valence-electron chi connectivity index (χ0n) is 19.3. The fraction of sp³-hybridized carbons (Fsp3) is 0.560. The quantitative estimate of drug-likeness (QED) is 0.213. The van der Waals surface area contributed by atoms with Gasteiger partial charge < -0.3 is 9.64 Å². The van der Waals surface area contributed by atoms with Gasteiger partial charge in [0.05, 0.1) is 18.7 Å². The molecule has 0 unspecified atom stereocenters. The molecule has 0 spiro atoms. The Balaban J connectivity index is 2.51. The normalized spacial score (nSPS) is 20.5. The van der Waals surface area contributed by atoms with E-state index in [0.29, 0.717) is 12.8 Å². The molecule has 0 N–H and O–H groups in total. The second kappa shape index (κ2) is 11.1. The molecule has 0 saturated carbocycles. The number of carbonyl (C=O) groups is 3. The van der Waals surface area contributed by atoms with Crippen LogP contribution in [0.25, 0.3) is 0 Å². The van der Waals surface area contributed by atoms with Gasteiger partial charge in [0.2, 0.25) is 5.91 Å². The Labute approximate surface area is 186 Å². The Morgan fingerprint density at radius 2 is 1.84 bits per heavy atom. The van der Waals surface area contributed by atoms with Crippen LogP contribution in [-0.4, -0.2) is 47.4 Å². The van der Waals surface area contributed by atoms with E-state index in [9.17, 15) is 14.4 Å². The van der Waals surface area contributed by atoms with Crippen LogP contribution in [0.15, 0.2) is 43.0 Å². The van der Waals surface area contributed by atoms with Crippen molar-refractivity contribution in [2.45, 2.75) is 71.4 Å². The molecule has 0 aliphatic carbocycles. The maximum Gasteiger partial charge on any atom is 0.327 e. The first-order valence-electron chi connectivity index (χ1n) is 11.3. The van der Waals surface area contributed by atoms with Crippen molar-refractivity contribution < 1.29 is 19.1 Å². The lowest BCUT2D eigenvalue weighted by molar-refractivity contribution is -0.165. The lowest BCUT2D eigenvalue weighted by Gasteiger charge is -2.34. The largest absolute Gasteiger partial charge is 0.465 e. The van der Waals surface area contributed by atoms with Gasteiger partial charge in [-0.1, -0.05) is 69.0 Å². The topological polar surface area (TPSA) is 66.9 Å². The third kappa shape index (κ3) is 5.00. The van der Waals surface area contributed by atoms with Crippen LogP contribution >= 0.6 is 0 Å². The maximum atomic E-state index is 14.1.